The Hall–Kier alpha value is -3.78. The van der Waals surface area contributed by atoms with E-state index >= 15 is 0 Å². The molecule has 0 aliphatic carbocycles. The average Bonchev–Trinajstić information content (AvgIpc) is 3.33. The van der Waals surface area contributed by atoms with Crippen LogP contribution >= 0.6 is 0 Å². The second kappa shape index (κ2) is 10.0. The second-order valence-electron chi connectivity index (χ2n) is 7.69. The minimum Gasteiger partial charge on any atom is -0.382 e. The van der Waals surface area contributed by atoms with E-state index in [4.69, 9.17) is 5.73 Å². The highest BCUT2D eigenvalue weighted by atomic mass is 16.2. The Bertz CT molecular complexity index is 1110. The van der Waals surface area contributed by atoms with Crippen molar-refractivity contribution in [2.75, 3.05) is 37.2 Å². The SMILES string of the molecule is Nc1ncc(-c2cccc(C(=O)NCCN3CCCC3)c2)nc1C(=O)Nc1ccccc1.[HH].[HH].[HH].[HH]. The molecular weight excluding hydrogens is 404 g/mol. The molecule has 1 fully saturated rings. The number of nitrogens with zero attached hydrogens (tertiary/aromatic N) is 3. The number of aromatic nitrogens is 2. The number of hydrogen-bond acceptors (Lipinski definition) is 6. The molecule has 1 aromatic heterocycles. The molecule has 172 valence electrons. The van der Waals surface area contributed by atoms with E-state index in [2.05, 4.69) is 25.5 Å². The lowest BCUT2D eigenvalue weighted by molar-refractivity contribution is 0.0949. The molecule has 0 radical (unpaired) electrons. The highest BCUT2D eigenvalue weighted by Crippen LogP contribution is 2.21. The van der Waals surface area contributed by atoms with Gasteiger partial charge in [-0.1, -0.05) is 30.3 Å². The minimum atomic E-state index is -0.445. The third kappa shape index (κ3) is 5.28. The summed E-state index contributed by atoms with van der Waals surface area (Å²) in [7, 11) is 0. The van der Waals surface area contributed by atoms with E-state index in [1.807, 2.05) is 24.3 Å². The molecule has 0 bridgehead atoms. The summed E-state index contributed by atoms with van der Waals surface area (Å²) < 4.78 is 0. The van der Waals surface area contributed by atoms with E-state index < -0.39 is 5.91 Å². The largest absolute Gasteiger partial charge is 0.382 e. The van der Waals surface area contributed by atoms with Crippen LogP contribution in [0.4, 0.5) is 11.5 Å². The van der Waals surface area contributed by atoms with E-state index in [1.54, 1.807) is 30.3 Å². The van der Waals surface area contributed by atoms with Crippen molar-refractivity contribution < 1.29 is 15.3 Å². The summed E-state index contributed by atoms with van der Waals surface area (Å²) in [4.78, 5) is 36.1. The van der Waals surface area contributed by atoms with Crippen LogP contribution in [0.2, 0.25) is 0 Å². The fourth-order valence-corrected chi connectivity index (χ4v) is 3.67. The number of amides is 2. The van der Waals surface area contributed by atoms with Gasteiger partial charge in [-0.3, -0.25) is 9.59 Å². The maximum absolute atomic E-state index is 12.7. The van der Waals surface area contributed by atoms with Crippen molar-refractivity contribution >= 4 is 23.3 Å². The Morgan fingerprint density at radius 3 is 2.59 bits per heavy atom. The summed E-state index contributed by atoms with van der Waals surface area (Å²) in [6, 6.07) is 16.2. The molecule has 0 spiro atoms. The van der Waals surface area contributed by atoms with E-state index in [9.17, 15) is 9.59 Å². The molecule has 2 amide bonds. The zero-order valence-corrected chi connectivity index (χ0v) is 17.8. The fraction of sp³-hybridized carbons (Fsp3) is 0.250. The number of para-hydroxylation sites is 1. The molecule has 2 heterocycles. The zero-order valence-electron chi connectivity index (χ0n) is 17.8. The molecule has 2 aromatic carbocycles. The van der Waals surface area contributed by atoms with Gasteiger partial charge >= 0.3 is 0 Å². The minimum absolute atomic E-state index is 0. The van der Waals surface area contributed by atoms with Crippen LogP contribution < -0.4 is 16.4 Å². The summed E-state index contributed by atoms with van der Waals surface area (Å²) >= 11 is 0. The number of benzene rings is 2. The van der Waals surface area contributed by atoms with E-state index in [0.717, 1.165) is 19.6 Å². The summed E-state index contributed by atoms with van der Waals surface area (Å²) in [5, 5.41) is 5.73. The quantitative estimate of drug-likeness (QED) is 0.517. The van der Waals surface area contributed by atoms with Crippen LogP contribution in [-0.2, 0) is 0 Å². The van der Waals surface area contributed by atoms with Crippen molar-refractivity contribution in [2.45, 2.75) is 12.8 Å². The van der Waals surface area contributed by atoms with Gasteiger partial charge in [0.1, 0.15) is 0 Å². The first-order chi connectivity index (χ1) is 15.6. The van der Waals surface area contributed by atoms with Crippen LogP contribution in [0.1, 0.15) is 39.4 Å². The number of nitrogens with one attached hydrogen (secondary N) is 2. The Morgan fingerprint density at radius 1 is 1.03 bits per heavy atom. The smallest absolute Gasteiger partial charge is 0.278 e. The second-order valence-corrected chi connectivity index (χ2v) is 7.69. The predicted octanol–water partition coefficient (Wildman–Crippen LogP) is 3.79. The van der Waals surface area contributed by atoms with Gasteiger partial charge in [-0.15, -0.1) is 0 Å². The fourth-order valence-electron chi connectivity index (χ4n) is 3.67. The van der Waals surface area contributed by atoms with Crippen LogP contribution in [0.5, 0.6) is 0 Å². The number of hydrogen-bond donors (Lipinski definition) is 3. The van der Waals surface area contributed by atoms with Crippen molar-refractivity contribution in [3.8, 4) is 11.3 Å². The first kappa shape index (κ1) is 21.5. The van der Waals surface area contributed by atoms with Crippen LogP contribution in [0.3, 0.4) is 0 Å². The van der Waals surface area contributed by atoms with Gasteiger partial charge in [0.15, 0.2) is 11.5 Å². The topological polar surface area (TPSA) is 113 Å². The van der Waals surface area contributed by atoms with Gasteiger partial charge < -0.3 is 21.3 Å². The zero-order chi connectivity index (χ0) is 22.3. The van der Waals surface area contributed by atoms with Gasteiger partial charge in [0.25, 0.3) is 11.8 Å². The lowest BCUT2D eigenvalue weighted by Gasteiger charge is -2.14. The molecule has 4 rings (SSSR count). The molecule has 0 unspecified atom stereocenters. The predicted molar refractivity (Wildman–Crippen MR) is 133 cm³/mol. The lowest BCUT2D eigenvalue weighted by atomic mass is 10.1. The van der Waals surface area contributed by atoms with E-state index in [-0.39, 0.29) is 23.1 Å². The molecule has 1 saturated heterocycles. The molecule has 1 aliphatic heterocycles. The Kier molecular flexibility index (Phi) is 6.72. The van der Waals surface area contributed by atoms with Gasteiger partial charge in [0.05, 0.1) is 11.9 Å². The van der Waals surface area contributed by atoms with Crippen molar-refractivity contribution in [1.82, 2.24) is 20.2 Å². The normalized spacial score (nSPS) is 13.6. The first-order valence-corrected chi connectivity index (χ1v) is 10.7. The number of carbonyl (C=O) groups excluding carboxylic acids is 2. The van der Waals surface area contributed by atoms with Gasteiger partial charge in [0, 0.05) is 35.6 Å². The van der Waals surface area contributed by atoms with Crippen molar-refractivity contribution in [2.24, 2.45) is 0 Å². The number of likely N-dealkylation sites (tertiary alicyclic amines) is 1. The number of nitrogen functional groups attached to an aromatic ring is 1. The van der Waals surface area contributed by atoms with Crippen LogP contribution in [-0.4, -0.2) is 52.9 Å². The Morgan fingerprint density at radius 2 is 1.81 bits per heavy atom. The number of anilines is 2. The molecular formula is C24H34N6O2. The van der Waals surface area contributed by atoms with Crippen molar-refractivity contribution in [1.29, 1.82) is 0 Å². The number of rotatable bonds is 7. The highest BCUT2D eigenvalue weighted by Gasteiger charge is 2.16. The highest BCUT2D eigenvalue weighted by molar-refractivity contribution is 6.06. The van der Waals surface area contributed by atoms with Crippen LogP contribution in [0, 0.1) is 0 Å². The molecule has 0 atom stereocenters. The summed E-state index contributed by atoms with van der Waals surface area (Å²) in [6.07, 6.45) is 3.95. The van der Waals surface area contributed by atoms with E-state index in [0.29, 0.717) is 29.1 Å². The molecule has 8 heteroatoms. The first-order valence-electron chi connectivity index (χ1n) is 10.7. The number of nitrogens with two attached hydrogens (primary N) is 1. The standard InChI is InChI=1S/C24H26N6O2.4H2/c25-22-21(24(32)28-19-9-2-1-3-10-19)29-20(16-27-22)17-7-6-8-18(15-17)23(31)26-11-14-30-12-4-5-13-30;;;;/h1-3,6-10,15-16H,4-5,11-14H2,(H2,25,27)(H,26,31)(H,28,32);4*1H. The van der Waals surface area contributed by atoms with E-state index in [1.165, 1.54) is 19.0 Å². The van der Waals surface area contributed by atoms with Gasteiger partial charge in [-0.25, -0.2) is 9.97 Å². The molecule has 8 nitrogen and oxygen atoms in total. The molecule has 1 aliphatic rings. The van der Waals surface area contributed by atoms with Crippen molar-refractivity contribution in [3.05, 3.63) is 72.1 Å². The maximum Gasteiger partial charge on any atom is 0.278 e. The van der Waals surface area contributed by atoms with Crippen LogP contribution in [0.25, 0.3) is 11.3 Å². The van der Waals surface area contributed by atoms with Gasteiger partial charge in [0.2, 0.25) is 0 Å². The van der Waals surface area contributed by atoms with Crippen molar-refractivity contribution in [3.63, 3.8) is 0 Å². The Balaban J connectivity index is 0.00000306. The van der Waals surface area contributed by atoms with Gasteiger partial charge in [-0.05, 0) is 50.2 Å². The summed E-state index contributed by atoms with van der Waals surface area (Å²) in [5.74, 6) is -0.548. The molecule has 32 heavy (non-hydrogen) atoms. The maximum atomic E-state index is 12.7. The van der Waals surface area contributed by atoms with Gasteiger partial charge in [-0.2, -0.15) is 0 Å². The third-order valence-electron chi connectivity index (χ3n) is 5.38. The monoisotopic (exact) mass is 438 g/mol. The lowest BCUT2D eigenvalue weighted by Crippen LogP contribution is -2.33. The number of carbonyl (C=O) groups is 2. The Labute approximate surface area is 192 Å². The molecule has 4 N–H and O–H groups in total. The average molecular weight is 439 g/mol. The summed E-state index contributed by atoms with van der Waals surface area (Å²) in [5.41, 5.74) is 8.24. The molecule has 0 saturated carbocycles. The third-order valence-corrected chi connectivity index (χ3v) is 5.38. The van der Waals surface area contributed by atoms with Crippen LogP contribution in [0.15, 0.2) is 60.8 Å². The summed E-state index contributed by atoms with van der Waals surface area (Å²) in [6.45, 7) is 3.66. The molecule has 3 aromatic rings.